The first-order valence-electron chi connectivity index (χ1n) is 4.26. The second-order valence-corrected chi connectivity index (χ2v) is 1.85. The lowest BCUT2D eigenvalue weighted by atomic mass is 10.2. The third kappa shape index (κ3) is 44.0. The SMILES string of the molecule is CC.CC.COCC(C)C. The predicted molar refractivity (Wildman–Crippen MR) is 49.4 cm³/mol. The molecule has 0 aliphatic carbocycles. The van der Waals surface area contributed by atoms with E-state index in [9.17, 15) is 0 Å². The Morgan fingerprint density at radius 2 is 1.30 bits per heavy atom. The van der Waals surface area contributed by atoms with E-state index >= 15 is 0 Å². The van der Waals surface area contributed by atoms with Gasteiger partial charge in [0.25, 0.3) is 0 Å². The number of rotatable bonds is 2. The molecule has 0 aliphatic rings. The standard InChI is InChI=1S/C5H12O.2C2H6/c1-5(2)4-6-3;2*1-2/h5H,4H2,1-3H3;2*1-2H3. The van der Waals surface area contributed by atoms with E-state index in [1.54, 1.807) is 7.11 Å². The van der Waals surface area contributed by atoms with Gasteiger partial charge >= 0.3 is 0 Å². The summed E-state index contributed by atoms with van der Waals surface area (Å²) in [7, 11) is 1.72. The summed E-state index contributed by atoms with van der Waals surface area (Å²) < 4.78 is 4.80. The van der Waals surface area contributed by atoms with Crippen molar-refractivity contribution < 1.29 is 4.74 Å². The van der Waals surface area contributed by atoms with Crippen molar-refractivity contribution in [3.8, 4) is 0 Å². The molecular weight excluding hydrogens is 124 g/mol. The average Bonchev–Trinajstić information content (AvgIpc) is 1.96. The van der Waals surface area contributed by atoms with E-state index in [1.165, 1.54) is 0 Å². The Labute approximate surface area is 66.8 Å². The fourth-order valence-electron chi connectivity index (χ4n) is 0.333. The molecule has 66 valence electrons. The van der Waals surface area contributed by atoms with Crippen LogP contribution in [0.1, 0.15) is 41.5 Å². The van der Waals surface area contributed by atoms with Gasteiger partial charge in [-0.2, -0.15) is 0 Å². The van der Waals surface area contributed by atoms with Crippen molar-refractivity contribution in [1.82, 2.24) is 0 Å². The van der Waals surface area contributed by atoms with Gasteiger partial charge in [0.15, 0.2) is 0 Å². The minimum absolute atomic E-state index is 0.676. The molecule has 0 amide bonds. The first-order chi connectivity index (χ1) is 4.77. The van der Waals surface area contributed by atoms with Crippen LogP contribution in [0.5, 0.6) is 0 Å². The minimum Gasteiger partial charge on any atom is -0.384 e. The van der Waals surface area contributed by atoms with Crippen LogP contribution in [0, 0.1) is 5.92 Å². The topological polar surface area (TPSA) is 9.23 Å². The lowest BCUT2D eigenvalue weighted by molar-refractivity contribution is 0.167. The molecular formula is C9H24O. The van der Waals surface area contributed by atoms with Gasteiger partial charge in [-0.15, -0.1) is 0 Å². The molecule has 0 aliphatic heterocycles. The monoisotopic (exact) mass is 148 g/mol. The number of hydrogen-bond donors (Lipinski definition) is 0. The minimum atomic E-state index is 0.676. The molecule has 0 aromatic rings. The largest absolute Gasteiger partial charge is 0.384 e. The highest BCUT2D eigenvalue weighted by molar-refractivity contribution is 4.35. The van der Waals surface area contributed by atoms with Crippen LogP contribution in [0.15, 0.2) is 0 Å². The smallest absolute Gasteiger partial charge is 0.0485 e. The number of methoxy groups -OCH3 is 1. The van der Waals surface area contributed by atoms with Crippen LogP contribution in [0.25, 0.3) is 0 Å². The third-order valence-corrected chi connectivity index (χ3v) is 0.500. The summed E-state index contributed by atoms with van der Waals surface area (Å²) in [6.07, 6.45) is 0. The van der Waals surface area contributed by atoms with Gasteiger partial charge in [0.05, 0.1) is 0 Å². The summed E-state index contributed by atoms with van der Waals surface area (Å²) >= 11 is 0. The van der Waals surface area contributed by atoms with Gasteiger partial charge in [-0.25, -0.2) is 0 Å². The van der Waals surface area contributed by atoms with Gasteiger partial charge in [-0.1, -0.05) is 41.5 Å². The average molecular weight is 148 g/mol. The maximum Gasteiger partial charge on any atom is 0.0485 e. The summed E-state index contributed by atoms with van der Waals surface area (Å²) in [5.74, 6) is 0.676. The molecule has 0 atom stereocenters. The predicted octanol–water partition coefficient (Wildman–Crippen LogP) is 3.34. The van der Waals surface area contributed by atoms with Crippen LogP contribution in [0.2, 0.25) is 0 Å². The Hall–Kier alpha value is -0.0400. The molecule has 0 rings (SSSR count). The second kappa shape index (κ2) is 23.1. The molecule has 1 heteroatoms. The van der Waals surface area contributed by atoms with E-state index in [1.807, 2.05) is 27.7 Å². The molecule has 0 fully saturated rings. The fraction of sp³-hybridized carbons (Fsp3) is 1.00. The van der Waals surface area contributed by atoms with Crippen molar-refractivity contribution in [1.29, 1.82) is 0 Å². The van der Waals surface area contributed by atoms with Crippen molar-refractivity contribution in [2.45, 2.75) is 41.5 Å². The van der Waals surface area contributed by atoms with Crippen LogP contribution in [0.3, 0.4) is 0 Å². The maximum absolute atomic E-state index is 4.80. The zero-order chi connectivity index (χ0) is 8.99. The highest BCUT2D eigenvalue weighted by atomic mass is 16.5. The summed E-state index contributed by atoms with van der Waals surface area (Å²) in [6.45, 7) is 13.1. The highest BCUT2D eigenvalue weighted by Crippen LogP contribution is 1.88. The number of hydrogen-bond acceptors (Lipinski definition) is 1. The van der Waals surface area contributed by atoms with Crippen LogP contribution in [-0.2, 0) is 4.74 Å². The Bertz CT molecular complexity index is 25.9. The third-order valence-electron chi connectivity index (χ3n) is 0.500. The van der Waals surface area contributed by atoms with Crippen LogP contribution < -0.4 is 0 Å². The molecule has 0 unspecified atom stereocenters. The van der Waals surface area contributed by atoms with Gasteiger partial charge < -0.3 is 4.74 Å². The zero-order valence-corrected chi connectivity index (χ0v) is 8.69. The molecule has 0 radical (unpaired) electrons. The fourth-order valence-corrected chi connectivity index (χ4v) is 0.333. The Balaban J connectivity index is -0.000000105. The van der Waals surface area contributed by atoms with E-state index in [0.29, 0.717) is 5.92 Å². The molecule has 0 saturated carbocycles. The summed E-state index contributed by atoms with van der Waals surface area (Å²) in [5.41, 5.74) is 0. The zero-order valence-electron chi connectivity index (χ0n) is 8.69. The van der Waals surface area contributed by atoms with Crippen LogP contribution >= 0.6 is 0 Å². The first kappa shape index (κ1) is 16.5. The van der Waals surface area contributed by atoms with E-state index in [2.05, 4.69) is 13.8 Å². The quantitative estimate of drug-likeness (QED) is 0.583. The van der Waals surface area contributed by atoms with Gasteiger partial charge in [0.2, 0.25) is 0 Å². The van der Waals surface area contributed by atoms with Crippen molar-refractivity contribution >= 4 is 0 Å². The maximum atomic E-state index is 4.80. The summed E-state index contributed by atoms with van der Waals surface area (Å²) in [6, 6.07) is 0. The van der Waals surface area contributed by atoms with Crippen molar-refractivity contribution in [2.75, 3.05) is 13.7 Å². The molecule has 1 nitrogen and oxygen atoms in total. The molecule has 0 bridgehead atoms. The lowest BCUT2D eigenvalue weighted by Crippen LogP contribution is -1.96. The second-order valence-electron chi connectivity index (χ2n) is 1.85. The van der Waals surface area contributed by atoms with E-state index < -0.39 is 0 Å². The molecule has 10 heavy (non-hydrogen) atoms. The number of ether oxygens (including phenoxy) is 1. The van der Waals surface area contributed by atoms with Gasteiger partial charge in [0.1, 0.15) is 0 Å². The summed E-state index contributed by atoms with van der Waals surface area (Å²) in [5, 5.41) is 0. The van der Waals surface area contributed by atoms with E-state index in [-0.39, 0.29) is 0 Å². The van der Waals surface area contributed by atoms with Crippen molar-refractivity contribution in [2.24, 2.45) is 5.92 Å². The molecule has 0 heterocycles. The molecule has 0 aromatic heterocycles. The van der Waals surface area contributed by atoms with E-state index in [4.69, 9.17) is 4.74 Å². The van der Waals surface area contributed by atoms with Gasteiger partial charge in [-0.3, -0.25) is 0 Å². The Morgan fingerprint density at radius 1 is 1.00 bits per heavy atom. The first-order valence-corrected chi connectivity index (χ1v) is 4.26. The van der Waals surface area contributed by atoms with E-state index in [0.717, 1.165) is 6.61 Å². The van der Waals surface area contributed by atoms with Gasteiger partial charge in [0, 0.05) is 13.7 Å². The van der Waals surface area contributed by atoms with Crippen molar-refractivity contribution in [3.05, 3.63) is 0 Å². The molecule has 0 aromatic carbocycles. The Morgan fingerprint density at radius 3 is 1.30 bits per heavy atom. The van der Waals surface area contributed by atoms with Gasteiger partial charge in [-0.05, 0) is 5.92 Å². The normalized spacial score (nSPS) is 7.20. The van der Waals surface area contributed by atoms with Crippen molar-refractivity contribution in [3.63, 3.8) is 0 Å². The van der Waals surface area contributed by atoms with Crippen LogP contribution in [-0.4, -0.2) is 13.7 Å². The highest BCUT2D eigenvalue weighted by Gasteiger charge is 1.85. The molecule has 0 spiro atoms. The lowest BCUT2D eigenvalue weighted by Gasteiger charge is -1.97. The molecule has 0 N–H and O–H groups in total. The molecule has 0 saturated heterocycles. The summed E-state index contributed by atoms with van der Waals surface area (Å²) in [4.78, 5) is 0. The van der Waals surface area contributed by atoms with Crippen LogP contribution in [0.4, 0.5) is 0 Å². The Kier molecular flexibility index (Phi) is 38.1.